The fraction of sp³-hybridized carbons (Fsp3) is 0.200. The Kier molecular flexibility index (Phi) is 4.14. The molecule has 2 aromatic carbocycles. The van der Waals surface area contributed by atoms with Crippen LogP contribution in [0.2, 0.25) is 0 Å². The molecule has 1 heterocycles. The van der Waals surface area contributed by atoms with Gasteiger partial charge in [-0.15, -0.1) is 0 Å². The molecule has 0 aromatic heterocycles. The van der Waals surface area contributed by atoms with E-state index in [-0.39, 0.29) is 13.3 Å². The Morgan fingerprint density at radius 3 is 2.50 bits per heavy atom. The van der Waals surface area contributed by atoms with Gasteiger partial charge in [0, 0.05) is 6.54 Å². The van der Waals surface area contributed by atoms with Crippen molar-refractivity contribution in [2.75, 3.05) is 6.79 Å². The van der Waals surface area contributed by atoms with Crippen molar-refractivity contribution >= 4 is 10.0 Å². The van der Waals surface area contributed by atoms with E-state index in [1.54, 1.807) is 18.2 Å². The van der Waals surface area contributed by atoms with E-state index >= 15 is 0 Å². The molecule has 1 aliphatic rings. The van der Waals surface area contributed by atoms with E-state index in [9.17, 15) is 21.6 Å². The van der Waals surface area contributed by atoms with Gasteiger partial charge in [-0.2, -0.15) is 13.2 Å². The highest BCUT2D eigenvalue weighted by Gasteiger charge is 2.36. The predicted octanol–water partition coefficient (Wildman–Crippen LogP) is 2.91. The lowest BCUT2D eigenvalue weighted by Crippen LogP contribution is -2.26. The van der Waals surface area contributed by atoms with Crippen molar-refractivity contribution in [2.24, 2.45) is 0 Å². The van der Waals surface area contributed by atoms with Gasteiger partial charge in [0.05, 0.1) is 10.5 Å². The minimum absolute atomic E-state index is 0.0729. The molecular formula is C15H12F3NO4S. The van der Waals surface area contributed by atoms with E-state index in [0.717, 1.165) is 18.2 Å². The molecule has 0 spiro atoms. The van der Waals surface area contributed by atoms with Crippen LogP contribution in [-0.4, -0.2) is 15.2 Å². The van der Waals surface area contributed by atoms with Gasteiger partial charge < -0.3 is 9.47 Å². The lowest BCUT2D eigenvalue weighted by molar-refractivity contribution is -0.139. The predicted molar refractivity (Wildman–Crippen MR) is 78.0 cm³/mol. The molecule has 9 heteroatoms. The van der Waals surface area contributed by atoms with Crippen LogP contribution in [0.4, 0.5) is 13.2 Å². The van der Waals surface area contributed by atoms with Crippen LogP contribution < -0.4 is 14.2 Å². The summed E-state index contributed by atoms with van der Waals surface area (Å²) in [6, 6.07) is 8.81. The molecule has 24 heavy (non-hydrogen) atoms. The Balaban J connectivity index is 1.83. The molecule has 5 nitrogen and oxygen atoms in total. The first-order valence-corrected chi connectivity index (χ1v) is 8.30. The summed E-state index contributed by atoms with van der Waals surface area (Å²) in [5.74, 6) is 0.992. The van der Waals surface area contributed by atoms with Crippen LogP contribution in [0.15, 0.2) is 47.4 Å². The summed E-state index contributed by atoms with van der Waals surface area (Å²) in [7, 11) is -4.33. The minimum Gasteiger partial charge on any atom is -0.454 e. The maximum absolute atomic E-state index is 13.0. The van der Waals surface area contributed by atoms with Crippen molar-refractivity contribution < 1.29 is 31.1 Å². The number of sulfonamides is 1. The molecule has 128 valence electrons. The fourth-order valence-corrected chi connectivity index (χ4v) is 3.49. The number of fused-ring (bicyclic) bond motifs is 1. The Bertz CT molecular complexity index is 865. The Morgan fingerprint density at radius 1 is 1.04 bits per heavy atom. The van der Waals surface area contributed by atoms with Crippen LogP contribution in [0.3, 0.4) is 0 Å². The summed E-state index contributed by atoms with van der Waals surface area (Å²) < 4.78 is 75.9. The third-order valence-corrected chi connectivity index (χ3v) is 4.84. The van der Waals surface area contributed by atoms with Crippen molar-refractivity contribution in [1.82, 2.24) is 4.72 Å². The molecular weight excluding hydrogens is 347 g/mol. The van der Waals surface area contributed by atoms with Crippen molar-refractivity contribution in [3.8, 4) is 11.5 Å². The molecule has 0 saturated carbocycles. The molecule has 0 saturated heterocycles. The molecule has 0 aliphatic carbocycles. The number of halogens is 3. The van der Waals surface area contributed by atoms with Gasteiger partial charge in [0.2, 0.25) is 16.8 Å². The number of benzene rings is 2. The number of rotatable bonds is 4. The lowest BCUT2D eigenvalue weighted by atomic mass is 10.2. The van der Waals surface area contributed by atoms with Gasteiger partial charge in [0.15, 0.2) is 11.5 Å². The quantitative estimate of drug-likeness (QED) is 0.912. The van der Waals surface area contributed by atoms with Crippen LogP contribution in [0.5, 0.6) is 11.5 Å². The highest BCUT2D eigenvalue weighted by Crippen LogP contribution is 2.34. The van der Waals surface area contributed by atoms with Crippen LogP contribution in [0, 0.1) is 0 Å². The minimum atomic E-state index is -4.76. The van der Waals surface area contributed by atoms with Crippen LogP contribution in [0.1, 0.15) is 11.1 Å². The van der Waals surface area contributed by atoms with Gasteiger partial charge >= 0.3 is 6.18 Å². The molecule has 3 rings (SSSR count). The van der Waals surface area contributed by atoms with Gasteiger partial charge in [-0.05, 0) is 29.8 Å². The van der Waals surface area contributed by atoms with Crippen molar-refractivity contribution in [2.45, 2.75) is 17.6 Å². The number of ether oxygens (including phenoxy) is 2. The first-order valence-electron chi connectivity index (χ1n) is 6.82. The summed E-state index contributed by atoms with van der Waals surface area (Å²) in [6.45, 7) is -0.103. The zero-order valence-electron chi connectivity index (χ0n) is 12.1. The largest absolute Gasteiger partial charge is 0.454 e. The van der Waals surface area contributed by atoms with E-state index in [4.69, 9.17) is 9.47 Å². The average Bonchev–Trinajstić information content (AvgIpc) is 3.00. The lowest BCUT2D eigenvalue weighted by Gasteiger charge is -2.13. The number of hydrogen-bond acceptors (Lipinski definition) is 4. The third kappa shape index (κ3) is 3.31. The first-order chi connectivity index (χ1) is 11.3. The van der Waals surface area contributed by atoms with Crippen molar-refractivity contribution in [3.05, 3.63) is 53.6 Å². The van der Waals surface area contributed by atoms with E-state index in [1.807, 2.05) is 0 Å². The molecule has 1 N–H and O–H groups in total. The van der Waals surface area contributed by atoms with Crippen molar-refractivity contribution in [1.29, 1.82) is 0 Å². The molecule has 1 aliphatic heterocycles. The summed E-state index contributed by atoms with van der Waals surface area (Å²) in [4.78, 5) is -0.807. The van der Waals surface area contributed by atoms with Gasteiger partial charge in [0.25, 0.3) is 0 Å². The van der Waals surface area contributed by atoms with Crippen LogP contribution in [0.25, 0.3) is 0 Å². The van der Waals surface area contributed by atoms with Gasteiger partial charge in [-0.1, -0.05) is 18.2 Å². The zero-order valence-corrected chi connectivity index (χ0v) is 12.9. The molecule has 0 bridgehead atoms. The summed E-state index contributed by atoms with van der Waals surface area (Å²) in [5, 5.41) is 0. The van der Waals surface area contributed by atoms with Crippen LogP contribution in [-0.2, 0) is 22.7 Å². The Morgan fingerprint density at radius 2 is 1.75 bits per heavy atom. The molecule has 0 atom stereocenters. The fourth-order valence-electron chi connectivity index (χ4n) is 2.24. The monoisotopic (exact) mass is 359 g/mol. The number of hydrogen-bond donors (Lipinski definition) is 1. The topological polar surface area (TPSA) is 64.6 Å². The first kappa shape index (κ1) is 16.6. The van der Waals surface area contributed by atoms with Gasteiger partial charge in [-0.25, -0.2) is 13.1 Å². The number of nitrogens with one attached hydrogen (secondary N) is 1. The zero-order chi connectivity index (χ0) is 17.4. The van der Waals surface area contributed by atoms with Crippen LogP contribution >= 0.6 is 0 Å². The second-order valence-corrected chi connectivity index (χ2v) is 6.74. The van der Waals surface area contributed by atoms with Gasteiger partial charge in [-0.3, -0.25) is 0 Å². The summed E-state index contributed by atoms with van der Waals surface area (Å²) >= 11 is 0. The standard InChI is InChI=1S/C15H12F3NO4S/c16-15(17,18)11-3-1-2-4-14(11)24(20,21)19-8-10-5-6-12-13(7-10)23-9-22-12/h1-7,19H,8-9H2. The second-order valence-electron chi connectivity index (χ2n) is 5.01. The maximum Gasteiger partial charge on any atom is 0.417 e. The molecule has 2 aromatic rings. The molecule has 0 unspecified atom stereocenters. The Labute approximate surface area is 136 Å². The summed E-state index contributed by atoms with van der Waals surface area (Å²) in [6.07, 6.45) is -4.76. The van der Waals surface area contributed by atoms with E-state index in [2.05, 4.69) is 4.72 Å². The highest BCUT2D eigenvalue weighted by atomic mass is 32.2. The smallest absolute Gasteiger partial charge is 0.417 e. The van der Waals surface area contributed by atoms with Gasteiger partial charge in [0.1, 0.15) is 0 Å². The average molecular weight is 359 g/mol. The highest BCUT2D eigenvalue weighted by molar-refractivity contribution is 7.89. The molecule has 0 fully saturated rings. The van der Waals surface area contributed by atoms with E-state index in [0.29, 0.717) is 17.1 Å². The Hall–Kier alpha value is -2.26. The van der Waals surface area contributed by atoms with E-state index < -0.39 is 26.7 Å². The normalized spacial score (nSPS) is 14.0. The van der Waals surface area contributed by atoms with Crippen molar-refractivity contribution in [3.63, 3.8) is 0 Å². The molecule has 0 radical (unpaired) electrons. The SMILES string of the molecule is O=S(=O)(NCc1ccc2c(c1)OCO2)c1ccccc1C(F)(F)F. The second kappa shape index (κ2) is 5.99. The van der Waals surface area contributed by atoms with E-state index in [1.165, 1.54) is 6.07 Å². The maximum atomic E-state index is 13.0. The third-order valence-electron chi connectivity index (χ3n) is 3.39. The number of alkyl halides is 3. The summed E-state index contributed by atoms with van der Waals surface area (Å²) in [5.41, 5.74) is -0.671. The molecule has 0 amide bonds.